The van der Waals surface area contributed by atoms with Crippen LogP contribution in [0.1, 0.15) is 19.4 Å². The molecule has 156 valence electrons. The minimum atomic E-state index is -3.53. The van der Waals surface area contributed by atoms with Crippen LogP contribution in [0.25, 0.3) is 6.08 Å². The molecule has 2 rings (SSSR count). The summed E-state index contributed by atoms with van der Waals surface area (Å²) >= 11 is 0. The number of carbonyl (C=O) groups excluding carboxylic acids is 1. The predicted octanol–water partition coefficient (Wildman–Crippen LogP) is 3.39. The van der Waals surface area contributed by atoms with Crippen molar-refractivity contribution >= 4 is 27.7 Å². The first-order valence-electron chi connectivity index (χ1n) is 9.17. The monoisotopic (exact) mass is 418 g/mol. The molecule has 29 heavy (non-hydrogen) atoms. The van der Waals surface area contributed by atoms with Crippen molar-refractivity contribution < 1.29 is 22.7 Å². The Labute approximate surface area is 172 Å². The Morgan fingerprint density at radius 3 is 2.24 bits per heavy atom. The molecule has 2 aromatic rings. The third kappa shape index (κ3) is 5.58. The van der Waals surface area contributed by atoms with Gasteiger partial charge in [-0.3, -0.25) is 4.79 Å². The van der Waals surface area contributed by atoms with Crippen molar-refractivity contribution in [2.24, 2.45) is 0 Å². The van der Waals surface area contributed by atoms with E-state index in [2.05, 4.69) is 5.32 Å². The van der Waals surface area contributed by atoms with Crippen LogP contribution in [-0.4, -0.2) is 45.9 Å². The molecule has 2 aromatic carbocycles. The number of methoxy groups -OCH3 is 2. The van der Waals surface area contributed by atoms with Crippen molar-refractivity contribution in [3.05, 3.63) is 54.1 Å². The Balaban J connectivity index is 2.11. The summed E-state index contributed by atoms with van der Waals surface area (Å²) < 4.78 is 36.9. The largest absolute Gasteiger partial charge is 0.497 e. The van der Waals surface area contributed by atoms with Gasteiger partial charge in [0, 0.05) is 30.4 Å². The number of anilines is 1. The van der Waals surface area contributed by atoms with Crippen LogP contribution in [-0.2, 0) is 14.8 Å². The smallest absolute Gasteiger partial charge is 0.248 e. The number of nitrogens with zero attached hydrogens (tertiary/aromatic N) is 1. The standard InChI is InChI=1S/C21H26N2O5S/c1-5-23(6-2)29(25,26)19-11-8-17(9-12-19)22-21(24)14-7-16-15-18(27-3)10-13-20(16)28-4/h7-15H,5-6H2,1-4H3,(H,22,24). The van der Waals surface area contributed by atoms with Crippen molar-refractivity contribution in [2.45, 2.75) is 18.7 Å². The molecule has 0 radical (unpaired) electrons. The van der Waals surface area contributed by atoms with Gasteiger partial charge in [-0.25, -0.2) is 8.42 Å². The average molecular weight is 419 g/mol. The molecule has 0 saturated heterocycles. The zero-order valence-electron chi connectivity index (χ0n) is 17.0. The number of rotatable bonds is 9. The van der Waals surface area contributed by atoms with E-state index in [4.69, 9.17) is 9.47 Å². The fraction of sp³-hybridized carbons (Fsp3) is 0.286. The molecule has 0 bridgehead atoms. The molecular formula is C21H26N2O5S. The van der Waals surface area contributed by atoms with Crippen molar-refractivity contribution in [2.75, 3.05) is 32.6 Å². The van der Waals surface area contributed by atoms with E-state index in [0.717, 1.165) is 0 Å². The molecule has 0 aromatic heterocycles. The SMILES string of the molecule is CCN(CC)S(=O)(=O)c1ccc(NC(=O)C=Cc2cc(OC)ccc2OC)cc1. The van der Waals surface area contributed by atoms with Crippen LogP contribution in [0, 0.1) is 0 Å². The third-order valence-electron chi connectivity index (χ3n) is 4.32. The molecule has 0 heterocycles. The second kappa shape index (κ2) is 10.1. The van der Waals surface area contributed by atoms with E-state index < -0.39 is 10.0 Å². The summed E-state index contributed by atoms with van der Waals surface area (Å²) in [6, 6.07) is 11.4. The minimum Gasteiger partial charge on any atom is -0.497 e. The van der Waals surface area contributed by atoms with Crippen LogP contribution in [0.2, 0.25) is 0 Å². The normalized spacial score (nSPS) is 11.6. The van der Waals surface area contributed by atoms with E-state index in [1.807, 2.05) is 0 Å². The van der Waals surface area contributed by atoms with Crippen molar-refractivity contribution in [1.82, 2.24) is 4.31 Å². The van der Waals surface area contributed by atoms with E-state index >= 15 is 0 Å². The lowest BCUT2D eigenvalue weighted by molar-refractivity contribution is -0.111. The summed E-state index contributed by atoms with van der Waals surface area (Å²) in [5.41, 5.74) is 1.19. The molecule has 0 aliphatic heterocycles. The van der Waals surface area contributed by atoms with Gasteiger partial charge in [0.25, 0.3) is 0 Å². The van der Waals surface area contributed by atoms with Crippen LogP contribution < -0.4 is 14.8 Å². The highest BCUT2D eigenvalue weighted by molar-refractivity contribution is 7.89. The first kappa shape index (κ1) is 22.4. The van der Waals surface area contributed by atoms with Gasteiger partial charge in [-0.05, 0) is 48.5 Å². The molecule has 1 N–H and O–H groups in total. The Kier molecular flexibility index (Phi) is 7.81. The number of benzene rings is 2. The van der Waals surface area contributed by atoms with E-state index in [0.29, 0.717) is 35.8 Å². The molecule has 0 spiro atoms. The van der Waals surface area contributed by atoms with Crippen LogP contribution >= 0.6 is 0 Å². The highest BCUT2D eigenvalue weighted by Crippen LogP contribution is 2.25. The predicted molar refractivity (Wildman–Crippen MR) is 114 cm³/mol. The second-order valence-corrected chi connectivity index (χ2v) is 7.98. The summed E-state index contributed by atoms with van der Waals surface area (Å²) in [6.07, 6.45) is 2.99. The van der Waals surface area contributed by atoms with Gasteiger partial charge in [-0.2, -0.15) is 4.31 Å². The molecule has 0 saturated carbocycles. The third-order valence-corrected chi connectivity index (χ3v) is 6.38. The van der Waals surface area contributed by atoms with Crippen LogP contribution in [0.3, 0.4) is 0 Å². The lowest BCUT2D eigenvalue weighted by Crippen LogP contribution is -2.30. The summed E-state index contributed by atoms with van der Waals surface area (Å²) in [7, 11) is -0.416. The molecule has 0 atom stereocenters. The number of sulfonamides is 1. The lowest BCUT2D eigenvalue weighted by atomic mass is 10.1. The van der Waals surface area contributed by atoms with Gasteiger partial charge in [-0.1, -0.05) is 13.8 Å². The van der Waals surface area contributed by atoms with Gasteiger partial charge in [0.2, 0.25) is 15.9 Å². The maximum atomic E-state index is 12.5. The fourth-order valence-electron chi connectivity index (χ4n) is 2.74. The summed E-state index contributed by atoms with van der Waals surface area (Å²) in [6.45, 7) is 4.38. The van der Waals surface area contributed by atoms with E-state index in [9.17, 15) is 13.2 Å². The van der Waals surface area contributed by atoms with Crippen molar-refractivity contribution in [3.8, 4) is 11.5 Å². The lowest BCUT2D eigenvalue weighted by Gasteiger charge is -2.18. The zero-order chi connectivity index (χ0) is 21.4. The number of nitrogens with one attached hydrogen (secondary N) is 1. The first-order chi connectivity index (χ1) is 13.8. The Morgan fingerprint density at radius 1 is 1.03 bits per heavy atom. The first-order valence-corrected chi connectivity index (χ1v) is 10.6. The molecule has 8 heteroatoms. The molecule has 1 amide bonds. The molecular weight excluding hydrogens is 392 g/mol. The van der Waals surface area contributed by atoms with Crippen molar-refractivity contribution in [1.29, 1.82) is 0 Å². The minimum absolute atomic E-state index is 0.191. The molecule has 0 unspecified atom stereocenters. The molecule has 0 aliphatic carbocycles. The van der Waals surface area contributed by atoms with Crippen LogP contribution in [0.15, 0.2) is 53.4 Å². The van der Waals surface area contributed by atoms with Gasteiger partial charge in [-0.15, -0.1) is 0 Å². The van der Waals surface area contributed by atoms with Crippen LogP contribution in [0.5, 0.6) is 11.5 Å². The summed E-state index contributed by atoms with van der Waals surface area (Å²) in [5, 5.41) is 2.71. The van der Waals surface area contributed by atoms with Crippen LogP contribution in [0.4, 0.5) is 5.69 Å². The molecule has 0 fully saturated rings. The zero-order valence-corrected chi connectivity index (χ0v) is 17.8. The number of ether oxygens (including phenoxy) is 2. The second-order valence-electron chi connectivity index (χ2n) is 6.04. The maximum Gasteiger partial charge on any atom is 0.248 e. The highest BCUT2D eigenvalue weighted by Gasteiger charge is 2.21. The summed E-state index contributed by atoms with van der Waals surface area (Å²) in [5.74, 6) is 0.908. The molecule has 0 aliphatic rings. The fourth-order valence-corrected chi connectivity index (χ4v) is 4.20. The number of amides is 1. The van der Waals surface area contributed by atoms with E-state index in [1.165, 1.54) is 22.5 Å². The Bertz CT molecular complexity index is 965. The van der Waals surface area contributed by atoms with Gasteiger partial charge < -0.3 is 14.8 Å². The summed E-state index contributed by atoms with van der Waals surface area (Å²) in [4.78, 5) is 12.4. The van der Waals surface area contributed by atoms with Crippen molar-refractivity contribution in [3.63, 3.8) is 0 Å². The topological polar surface area (TPSA) is 84.9 Å². The highest BCUT2D eigenvalue weighted by atomic mass is 32.2. The Morgan fingerprint density at radius 2 is 1.69 bits per heavy atom. The number of hydrogen-bond acceptors (Lipinski definition) is 5. The van der Waals surface area contributed by atoms with Gasteiger partial charge >= 0.3 is 0 Å². The number of carbonyl (C=O) groups is 1. The Hall–Kier alpha value is -2.84. The van der Waals surface area contributed by atoms with Gasteiger partial charge in [0.15, 0.2) is 0 Å². The van der Waals surface area contributed by atoms with E-state index in [-0.39, 0.29) is 10.8 Å². The maximum absolute atomic E-state index is 12.5. The quantitative estimate of drug-likeness (QED) is 0.631. The number of hydrogen-bond donors (Lipinski definition) is 1. The van der Waals surface area contributed by atoms with Gasteiger partial charge in [0.05, 0.1) is 19.1 Å². The average Bonchev–Trinajstić information content (AvgIpc) is 2.73. The van der Waals surface area contributed by atoms with E-state index in [1.54, 1.807) is 64.5 Å². The van der Waals surface area contributed by atoms with Gasteiger partial charge in [0.1, 0.15) is 11.5 Å². The molecule has 7 nitrogen and oxygen atoms in total.